The molecular weight excluding hydrogens is 314 g/mol. The first-order chi connectivity index (χ1) is 10.8. The Kier molecular flexibility index (Phi) is 4.29. The van der Waals surface area contributed by atoms with Gasteiger partial charge in [-0.25, -0.2) is 0 Å². The maximum Gasteiger partial charge on any atom is 0.193 e. The van der Waals surface area contributed by atoms with Crippen LogP contribution in [0.15, 0.2) is 54.6 Å². The first-order valence-electron chi connectivity index (χ1n) is 6.66. The van der Waals surface area contributed by atoms with E-state index in [1.54, 1.807) is 19.2 Å². The van der Waals surface area contributed by atoms with Crippen molar-refractivity contribution in [1.82, 2.24) is 0 Å². The molecule has 3 aromatic rings. The Labute approximate surface area is 131 Å². The Bertz CT molecular complexity index is 875. The number of hydrogen-bond acceptors (Lipinski definition) is 3. The highest BCUT2D eigenvalue weighted by Crippen LogP contribution is 2.35. The predicted molar refractivity (Wildman–Crippen MR) is 90.4 cm³/mol. The van der Waals surface area contributed by atoms with E-state index < -0.39 is 0 Å². The van der Waals surface area contributed by atoms with Crippen molar-refractivity contribution in [3.05, 3.63) is 54.6 Å². The Balaban J connectivity index is 2.49. The zero-order chi connectivity index (χ0) is 15.5. The first kappa shape index (κ1) is 14.8. The molecule has 0 saturated heterocycles. The quantitative estimate of drug-likeness (QED) is 0.670. The van der Waals surface area contributed by atoms with Crippen molar-refractivity contribution in [3.8, 4) is 16.9 Å². The van der Waals surface area contributed by atoms with Gasteiger partial charge in [-0.3, -0.25) is 9.13 Å². The van der Waals surface area contributed by atoms with Crippen LogP contribution in [-0.2, 0) is 9.13 Å². The number of rotatable bonds is 4. The van der Waals surface area contributed by atoms with Gasteiger partial charge >= 0.3 is 0 Å². The average molecular weight is 326 g/mol. The number of benzene rings is 3. The standard InChI is InChI=1S/C17H12O3P2/c1-20-13-7-4-8-14(21-18)17(13)16-12-6-3-2-5-11(12)9-10-15(16)22-19/h2-10H,1H3. The van der Waals surface area contributed by atoms with Crippen molar-refractivity contribution in [1.29, 1.82) is 0 Å². The minimum atomic E-state index is -0.100. The van der Waals surface area contributed by atoms with Crippen LogP contribution < -0.4 is 15.3 Å². The van der Waals surface area contributed by atoms with Crippen molar-refractivity contribution in [2.45, 2.75) is 0 Å². The molecule has 0 saturated carbocycles. The molecule has 0 spiro atoms. The summed E-state index contributed by atoms with van der Waals surface area (Å²) in [6.45, 7) is 0. The molecule has 0 aliphatic heterocycles. The van der Waals surface area contributed by atoms with Gasteiger partial charge in [-0.15, -0.1) is 0 Å². The van der Waals surface area contributed by atoms with Gasteiger partial charge in [0, 0.05) is 11.1 Å². The van der Waals surface area contributed by atoms with Crippen molar-refractivity contribution in [2.24, 2.45) is 0 Å². The third kappa shape index (κ3) is 2.43. The molecule has 0 aromatic heterocycles. The second-order valence-electron chi connectivity index (χ2n) is 4.72. The normalized spacial score (nSPS) is 11.1. The van der Waals surface area contributed by atoms with Crippen LogP contribution in [0.2, 0.25) is 0 Å². The highest BCUT2D eigenvalue weighted by atomic mass is 31.1. The topological polar surface area (TPSA) is 43.4 Å². The molecule has 0 atom stereocenters. The van der Waals surface area contributed by atoms with Crippen LogP contribution in [0.3, 0.4) is 0 Å². The number of methoxy groups -OCH3 is 1. The summed E-state index contributed by atoms with van der Waals surface area (Å²) in [6, 6.07) is 17.0. The van der Waals surface area contributed by atoms with Crippen LogP contribution in [0.4, 0.5) is 0 Å². The van der Waals surface area contributed by atoms with E-state index >= 15 is 0 Å². The second-order valence-corrected chi connectivity index (χ2v) is 6.05. The fourth-order valence-electron chi connectivity index (χ4n) is 2.62. The lowest BCUT2D eigenvalue weighted by molar-refractivity contribution is 0.417. The molecule has 108 valence electrons. The van der Waals surface area contributed by atoms with E-state index in [2.05, 4.69) is 0 Å². The van der Waals surface area contributed by atoms with Gasteiger partial charge in [0.15, 0.2) is 16.9 Å². The lowest BCUT2D eigenvalue weighted by atomic mass is 9.97. The predicted octanol–water partition coefficient (Wildman–Crippen LogP) is 4.35. The number of ether oxygens (including phenoxy) is 1. The summed E-state index contributed by atoms with van der Waals surface area (Å²) in [5.41, 5.74) is 1.52. The van der Waals surface area contributed by atoms with Crippen LogP contribution in [0, 0.1) is 0 Å². The van der Waals surface area contributed by atoms with E-state index in [4.69, 9.17) is 4.74 Å². The van der Waals surface area contributed by atoms with Crippen LogP contribution in [0.1, 0.15) is 0 Å². The molecule has 0 radical (unpaired) electrons. The summed E-state index contributed by atoms with van der Waals surface area (Å²) in [7, 11) is 1.39. The molecule has 22 heavy (non-hydrogen) atoms. The van der Waals surface area contributed by atoms with Crippen molar-refractivity contribution >= 4 is 38.3 Å². The average Bonchev–Trinajstić information content (AvgIpc) is 2.59. The SMILES string of the molecule is COc1cccc(P=O)c1-c1c(P=O)ccc2ccccc12. The summed E-state index contributed by atoms with van der Waals surface area (Å²) in [4.78, 5) is 0. The van der Waals surface area contributed by atoms with Gasteiger partial charge in [0.05, 0.1) is 17.7 Å². The first-order valence-corrected chi connectivity index (χ1v) is 8.28. The molecule has 3 nitrogen and oxygen atoms in total. The monoisotopic (exact) mass is 326 g/mol. The molecule has 0 N–H and O–H groups in total. The minimum absolute atomic E-state index is 0.0823. The summed E-state index contributed by atoms with van der Waals surface area (Å²) in [5.74, 6) is 0.613. The van der Waals surface area contributed by atoms with Crippen LogP contribution in [0.5, 0.6) is 5.75 Å². The van der Waals surface area contributed by atoms with Crippen LogP contribution in [-0.4, -0.2) is 7.11 Å². The van der Waals surface area contributed by atoms with E-state index in [0.29, 0.717) is 16.4 Å². The van der Waals surface area contributed by atoms with E-state index in [0.717, 1.165) is 21.9 Å². The minimum Gasteiger partial charge on any atom is -0.496 e. The highest BCUT2D eigenvalue weighted by Gasteiger charge is 2.18. The summed E-state index contributed by atoms with van der Waals surface area (Å²) in [5, 5.41) is 3.25. The summed E-state index contributed by atoms with van der Waals surface area (Å²) >= 11 is 0. The number of hydrogen-bond donors (Lipinski definition) is 0. The lowest BCUT2D eigenvalue weighted by Gasteiger charge is -2.14. The molecular formula is C17H12O3P2. The fraction of sp³-hybridized carbons (Fsp3) is 0.0588. The van der Waals surface area contributed by atoms with Gasteiger partial charge in [0.2, 0.25) is 0 Å². The van der Waals surface area contributed by atoms with E-state index in [-0.39, 0.29) is 16.9 Å². The second kappa shape index (κ2) is 6.36. The molecule has 0 fully saturated rings. The molecule has 5 heteroatoms. The van der Waals surface area contributed by atoms with Crippen molar-refractivity contribution in [3.63, 3.8) is 0 Å². The molecule has 0 unspecified atom stereocenters. The molecule has 0 aliphatic rings. The number of fused-ring (bicyclic) bond motifs is 1. The van der Waals surface area contributed by atoms with Gasteiger partial charge < -0.3 is 4.74 Å². The van der Waals surface area contributed by atoms with Crippen molar-refractivity contribution in [2.75, 3.05) is 7.11 Å². The highest BCUT2D eigenvalue weighted by molar-refractivity contribution is 7.35. The van der Waals surface area contributed by atoms with Gasteiger partial charge in [0.1, 0.15) is 5.75 Å². The third-order valence-corrected chi connectivity index (χ3v) is 4.72. The Hall–Kier alpha value is -2.08. The molecule has 0 amide bonds. The summed E-state index contributed by atoms with van der Waals surface area (Å²) < 4.78 is 28.6. The smallest absolute Gasteiger partial charge is 0.193 e. The molecule has 0 bridgehead atoms. The van der Waals surface area contributed by atoms with E-state index in [1.807, 2.05) is 42.5 Å². The third-order valence-electron chi connectivity index (χ3n) is 3.58. The molecule has 3 rings (SSSR count). The molecule has 0 aliphatic carbocycles. The van der Waals surface area contributed by atoms with Crippen LogP contribution >= 0.6 is 16.9 Å². The van der Waals surface area contributed by atoms with Crippen LogP contribution in [0.25, 0.3) is 21.9 Å². The summed E-state index contributed by atoms with van der Waals surface area (Å²) in [6.07, 6.45) is 0. The zero-order valence-electron chi connectivity index (χ0n) is 11.8. The Morgan fingerprint density at radius 2 is 1.50 bits per heavy atom. The van der Waals surface area contributed by atoms with Gasteiger partial charge in [-0.2, -0.15) is 0 Å². The van der Waals surface area contributed by atoms with E-state index in [9.17, 15) is 9.13 Å². The van der Waals surface area contributed by atoms with E-state index in [1.165, 1.54) is 0 Å². The molecule has 3 aromatic carbocycles. The Morgan fingerprint density at radius 1 is 0.773 bits per heavy atom. The zero-order valence-corrected chi connectivity index (χ0v) is 13.6. The Morgan fingerprint density at radius 3 is 2.23 bits per heavy atom. The fourth-order valence-corrected chi connectivity index (χ4v) is 3.53. The lowest BCUT2D eigenvalue weighted by Crippen LogP contribution is -2.08. The van der Waals surface area contributed by atoms with Gasteiger partial charge in [-0.05, 0) is 29.0 Å². The largest absolute Gasteiger partial charge is 0.496 e. The van der Waals surface area contributed by atoms with Crippen molar-refractivity contribution < 1.29 is 13.9 Å². The maximum absolute atomic E-state index is 11.6. The molecule has 0 heterocycles. The van der Waals surface area contributed by atoms with Gasteiger partial charge in [-0.1, -0.05) is 36.4 Å². The maximum atomic E-state index is 11.6. The van der Waals surface area contributed by atoms with Gasteiger partial charge in [0.25, 0.3) is 0 Å².